The predicted molar refractivity (Wildman–Crippen MR) is 96.5 cm³/mol. The molecule has 0 spiro atoms. The van der Waals surface area contributed by atoms with Gasteiger partial charge in [-0.3, -0.25) is 19.0 Å². The summed E-state index contributed by atoms with van der Waals surface area (Å²) in [5, 5.41) is 2.58. The molecule has 7 heteroatoms. The van der Waals surface area contributed by atoms with Crippen molar-refractivity contribution in [3.8, 4) is 0 Å². The number of nitrogens with zero attached hydrogens (tertiary/aromatic N) is 4. The summed E-state index contributed by atoms with van der Waals surface area (Å²) >= 11 is 3.50. The standard InChI is InChI=1S/C16H22N4OS2/c1-22-14-11-18(10-13(14)19-4-2-3-5-19)9-12-8-15(21)20-6-7-23-16(20)17-12/h6-8,13-14H,2-5,9-11H2,1H3/t13-,14-/m0/s1. The third kappa shape index (κ3) is 3.07. The van der Waals surface area contributed by atoms with Crippen LogP contribution < -0.4 is 5.56 Å². The highest BCUT2D eigenvalue weighted by atomic mass is 32.2. The van der Waals surface area contributed by atoms with Gasteiger partial charge in [0, 0.05) is 48.6 Å². The van der Waals surface area contributed by atoms with Crippen LogP contribution in [0.2, 0.25) is 0 Å². The van der Waals surface area contributed by atoms with E-state index in [-0.39, 0.29) is 5.56 Å². The molecule has 124 valence electrons. The summed E-state index contributed by atoms with van der Waals surface area (Å²) in [6, 6.07) is 2.34. The second-order valence-corrected chi connectivity index (χ2v) is 8.37. The van der Waals surface area contributed by atoms with Gasteiger partial charge in [-0.05, 0) is 32.2 Å². The highest BCUT2D eigenvalue weighted by molar-refractivity contribution is 7.99. The number of thiazole rings is 1. The van der Waals surface area contributed by atoms with Gasteiger partial charge in [-0.2, -0.15) is 11.8 Å². The lowest BCUT2D eigenvalue weighted by Gasteiger charge is -2.27. The Morgan fingerprint density at radius 2 is 2.17 bits per heavy atom. The zero-order valence-electron chi connectivity index (χ0n) is 13.4. The maximum absolute atomic E-state index is 12.1. The summed E-state index contributed by atoms with van der Waals surface area (Å²) in [4.78, 5) is 22.7. The maximum Gasteiger partial charge on any atom is 0.258 e. The molecule has 0 unspecified atom stereocenters. The number of aromatic nitrogens is 2. The molecule has 2 saturated heterocycles. The summed E-state index contributed by atoms with van der Waals surface area (Å²) < 4.78 is 1.62. The number of rotatable bonds is 4. The number of hydrogen-bond acceptors (Lipinski definition) is 6. The minimum Gasteiger partial charge on any atom is -0.298 e. The molecule has 4 heterocycles. The summed E-state index contributed by atoms with van der Waals surface area (Å²) in [6.07, 6.45) is 6.69. The van der Waals surface area contributed by atoms with Crippen molar-refractivity contribution in [2.45, 2.75) is 30.7 Å². The average Bonchev–Trinajstić information content (AvgIpc) is 3.27. The molecule has 0 aliphatic carbocycles. The van der Waals surface area contributed by atoms with Gasteiger partial charge in [0.25, 0.3) is 5.56 Å². The first-order chi connectivity index (χ1) is 11.2. The van der Waals surface area contributed by atoms with Gasteiger partial charge in [0.2, 0.25) is 0 Å². The predicted octanol–water partition coefficient (Wildman–Crippen LogP) is 1.77. The lowest BCUT2D eigenvalue weighted by molar-refractivity contribution is 0.230. The fourth-order valence-corrected chi connectivity index (χ4v) is 5.49. The fraction of sp³-hybridized carbons (Fsp3) is 0.625. The van der Waals surface area contributed by atoms with Crippen LogP contribution in [0.15, 0.2) is 22.4 Å². The molecule has 0 aromatic carbocycles. The van der Waals surface area contributed by atoms with E-state index in [2.05, 4.69) is 21.0 Å². The SMILES string of the molecule is CS[C@H]1CN(Cc2cc(=O)n3ccsc3n2)C[C@@H]1N1CCCC1. The normalized spacial score (nSPS) is 26.5. The molecule has 4 rings (SSSR count). The lowest BCUT2D eigenvalue weighted by Crippen LogP contribution is -2.40. The van der Waals surface area contributed by atoms with Crippen molar-refractivity contribution >= 4 is 28.1 Å². The van der Waals surface area contributed by atoms with Crippen LogP contribution in [-0.4, -0.2) is 62.9 Å². The van der Waals surface area contributed by atoms with Gasteiger partial charge in [0.1, 0.15) is 0 Å². The van der Waals surface area contributed by atoms with Gasteiger partial charge in [-0.1, -0.05) is 0 Å². The second-order valence-electron chi connectivity index (χ2n) is 6.42. The van der Waals surface area contributed by atoms with Crippen molar-refractivity contribution < 1.29 is 0 Å². The Labute approximate surface area is 144 Å². The molecule has 0 bridgehead atoms. The van der Waals surface area contributed by atoms with Crippen LogP contribution in [-0.2, 0) is 6.54 Å². The Kier molecular flexibility index (Phi) is 4.45. The molecule has 0 amide bonds. The van der Waals surface area contributed by atoms with E-state index in [9.17, 15) is 4.79 Å². The van der Waals surface area contributed by atoms with E-state index >= 15 is 0 Å². The smallest absolute Gasteiger partial charge is 0.258 e. The van der Waals surface area contributed by atoms with E-state index in [0.29, 0.717) is 11.3 Å². The molecule has 0 N–H and O–H groups in total. The molecule has 2 aromatic rings. The van der Waals surface area contributed by atoms with Gasteiger partial charge >= 0.3 is 0 Å². The van der Waals surface area contributed by atoms with Crippen LogP contribution in [0.4, 0.5) is 0 Å². The van der Waals surface area contributed by atoms with Gasteiger partial charge in [0.15, 0.2) is 4.96 Å². The highest BCUT2D eigenvalue weighted by Crippen LogP contribution is 2.28. The van der Waals surface area contributed by atoms with Gasteiger partial charge in [-0.25, -0.2) is 4.98 Å². The third-order valence-electron chi connectivity index (χ3n) is 4.97. The summed E-state index contributed by atoms with van der Waals surface area (Å²) in [5.74, 6) is 0. The maximum atomic E-state index is 12.1. The fourth-order valence-electron chi connectivity index (χ4n) is 3.82. The van der Waals surface area contributed by atoms with Crippen molar-refractivity contribution in [1.29, 1.82) is 0 Å². The number of thioether (sulfide) groups is 1. The van der Waals surface area contributed by atoms with Crippen LogP contribution >= 0.6 is 23.1 Å². The highest BCUT2D eigenvalue weighted by Gasteiger charge is 2.37. The number of likely N-dealkylation sites (tertiary alicyclic amines) is 2. The second kappa shape index (κ2) is 6.55. The molecule has 2 atom stereocenters. The van der Waals surface area contributed by atoms with E-state index in [4.69, 9.17) is 0 Å². The van der Waals surface area contributed by atoms with Gasteiger partial charge in [0.05, 0.1) is 5.69 Å². The Morgan fingerprint density at radius 3 is 2.96 bits per heavy atom. The Hall–Kier alpha value is -0.890. The van der Waals surface area contributed by atoms with Crippen LogP contribution in [0.25, 0.3) is 4.96 Å². The van der Waals surface area contributed by atoms with Crippen LogP contribution in [0.1, 0.15) is 18.5 Å². The Bertz CT molecular complexity index is 737. The molecule has 2 aliphatic heterocycles. The van der Waals surface area contributed by atoms with Gasteiger partial charge < -0.3 is 0 Å². The molecular formula is C16H22N4OS2. The van der Waals surface area contributed by atoms with E-state index in [1.807, 2.05) is 17.1 Å². The van der Waals surface area contributed by atoms with Crippen LogP contribution in [0.3, 0.4) is 0 Å². The molecule has 5 nitrogen and oxygen atoms in total. The van der Waals surface area contributed by atoms with Crippen molar-refractivity contribution in [2.24, 2.45) is 0 Å². The molecule has 23 heavy (non-hydrogen) atoms. The van der Waals surface area contributed by atoms with Crippen LogP contribution in [0.5, 0.6) is 0 Å². The zero-order valence-corrected chi connectivity index (χ0v) is 15.0. The average molecular weight is 351 g/mol. The Balaban J connectivity index is 1.50. The number of fused-ring (bicyclic) bond motifs is 1. The molecule has 0 saturated carbocycles. The molecule has 0 radical (unpaired) electrons. The zero-order chi connectivity index (χ0) is 15.8. The molecule has 2 aromatic heterocycles. The summed E-state index contributed by atoms with van der Waals surface area (Å²) in [7, 11) is 0. The monoisotopic (exact) mass is 350 g/mol. The topological polar surface area (TPSA) is 40.9 Å². The van der Waals surface area contributed by atoms with Crippen molar-refractivity contribution in [2.75, 3.05) is 32.4 Å². The largest absolute Gasteiger partial charge is 0.298 e. The van der Waals surface area contributed by atoms with Crippen LogP contribution in [0, 0.1) is 0 Å². The van der Waals surface area contributed by atoms with E-state index < -0.39 is 0 Å². The van der Waals surface area contributed by atoms with Gasteiger partial charge in [-0.15, -0.1) is 11.3 Å². The first kappa shape index (κ1) is 15.6. The quantitative estimate of drug-likeness (QED) is 0.841. The van der Waals surface area contributed by atoms with E-state index in [1.54, 1.807) is 16.7 Å². The van der Waals surface area contributed by atoms with Crippen molar-refractivity contribution in [3.05, 3.63) is 33.7 Å². The summed E-state index contributed by atoms with van der Waals surface area (Å²) in [6.45, 7) is 5.46. The molecule has 2 fully saturated rings. The molecule has 2 aliphatic rings. The Morgan fingerprint density at radius 1 is 1.35 bits per heavy atom. The number of hydrogen-bond donors (Lipinski definition) is 0. The molecular weight excluding hydrogens is 328 g/mol. The third-order valence-corrected chi connectivity index (χ3v) is 6.79. The first-order valence-electron chi connectivity index (χ1n) is 8.19. The summed E-state index contributed by atoms with van der Waals surface area (Å²) in [5.41, 5.74) is 0.933. The van der Waals surface area contributed by atoms with Crippen molar-refractivity contribution in [3.63, 3.8) is 0 Å². The minimum absolute atomic E-state index is 0.0305. The van der Waals surface area contributed by atoms with Crippen molar-refractivity contribution in [1.82, 2.24) is 19.2 Å². The minimum atomic E-state index is 0.0305. The van der Waals surface area contributed by atoms with E-state index in [1.165, 1.54) is 37.3 Å². The van der Waals surface area contributed by atoms with E-state index in [0.717, 1.165) is 30.3 Å². The first-order valence-corrected chi connectivity index (χ1v) is 10.4. The lowest BCUT2D eigenvalue weighted by atomic mass is 10.2.